The molecule has 0 fully saturated rings. The Balaban J connectivity index is 2.10. The van der Waals surface area contributed by atoms with E-state index in [4.69, 9.17) is 5.73 Å². The number of aryl methyl sites for hydroxylation is 3. The summed E-state index contributed by atoms with van der Waals surface area (Å²) in [4.78, 5) is 10.2. The Morgan fingerprint density at radius 3 is 2.56 bits per heavy atom. The van der Waals surface area contributed by atoms with Crippen molar-refractivity contribution in [2.75, 3.05) is 0 Å². The average Bonchev–Trinajstić information content (AvgIpc) is 2.75. The monoisotopic (exact) mass is 253 g/mol. The van der Waals surface area contributed by atoms with Gasteiger partial charge in [-0.05, 0) is 20.8 Å². The van der Waals surface area contributed by atoms with Crippen LogP contribution in [0.5, 0.6) is 0 Å². The summed E-state index contributed by atoms with van der Waals surface area (Å²) in [5, 5.41) is 4.21. The van der Waals surface area contributed by atoms with Gasteiger partial charge in [-0.25, -0.2) is 9.97 Å². The van der Waals surface area contributed by atoms with Crippen molar-refractivity contribution in [3.05, 3.63) is 31.7 Å². The van der Waals surface area contributed by atoms with Crippen LogP contribution in [-0.4, -0.2) is 9.97 Å². The molecule has 86 valence electrons. The van der Waals surface area contributed by atoms with Crippen molar-refractivity contribution < 1.29 is 0 Å². The van der Waals surface area contributed by atoms with Crippen LogP contribution >= 0.6 is 22.7 Å². The molecule has 5 heteroatoms. The van der Waals surface area contributed by atoms with E-state index in [0.29, 0.717) is 0 Å². The van der Waals surface area contributed by atoms with E-state index in [0.717, 1.165) is 27.8 Å². The molecule has 3 nitrogen and oxygen atoms in total. The molecule has 0 saturated heterocycles. The number of hydrogen-bond donors (Lipinski definition) is 1. The molecule has 2 heterocycles. The zero-order valence-electron chi connectivity index (χ0n) is 9.65. The molecular formula is C11H15N3S2. The van der Waals surface area contributed by atoms with Gasteiger partial charge in [0.05, 0.1) is 27.4 Å². The van der Waals surface area contributed by atoms with Crippen molar-refractivity contribution in [3.63, 3.8) is 0 Å². The van der Waals surface area contributed by atoms with Crippen molar-refractivity contribution in [1.82, 2.24) is 9.97 Å². The van der Waals surface area contributed by atoms with Crippen molar-refractivity contribution in [3.8, 4) is 0 Å². The summed E-state index contributed by atoms with van der Waals surface area (Å²) in [7, 11) is 0. The highest BCUT2D eigenvalue weighted by Gasteiger charge is 2.13. The Bertz CT molecular complexity index is 468. The largest absolute Gasteiger partial charge is 0.322 e. The van der Waals surface area contributed by atoms with Gasteiger partial charge in [-0.2, -0.15) is 0 Å². The quantitative estimate of drug-likeness (QED) is 0.915. The summed E-state index contributed by atoms with van der Waals surface area (Å²) in [5.74, 6) is 0. The van der Waals surface area contributed by atoms with Gasteiger partial charge in [0.25, 0.3) is 0 Å². The summed E-state index contributed by atoms with van der Waals surface area (Å²) < 4.78 is 0. The summed E-state index contributed by atoms with van der Waals surface area (Å²) in [6.07, 6.45) is 0.780. The van der Waals surface area contributed by atoms with Gasteiger partial charge in [0.2, 0.25) is 0 Å². The topological polar surface area (TPSA) is 51.8 Å². The first-order valence-electron chi connectivity index (χ1n) is 5.16. The molecule has 1 atom stereocenters. The van der Waals surface area contributed by atoms with Gasteiger partial charge in [-0.15, -0.1) is 22.7 Å². The van der Waals surface area contributed by atoms with Crippen LogP contribution in [0.15, 0.2) is 5.38 Å². The predicted molar refractivity (Wildman–Crippen MR) is 69.1 cm³/mol. The highest BCUT2D eigenvalue weighted by atomic mass is 32.1. The van der Waals surface area contributed by atoms with E-state index in [1.807, 2.05) is 19.2 Å². The molecule has 0 amide bonds. The van der Waals surface area contributed by atoms with E-state index in [-0.39, 0.29) is 6.04 Å². The van der Waals surface area contributed by atoms with Crippen LogP contribution in [0.3, 0.4) is 0 Å². The number of rotatable bonds is 3. The highest BCUT2D eigenvalue weighted by molar-refractivity contribution is 7.11. The first kappa shape index (κ1) is 11.7. The number of nitrogens with zero attached hydrogens (tertiary/aromatic N) is 2. The fourth-order valence-electron chi connectivity index (χ4n) is 1.47. The molecule has 0 aliphatic heterocycles. The van der Waals surface area contributed by atoms with Crippen molar-refractivity contribution in [2.45, 2.75) is 33.2 Å². The molecule has 0 aromatic carbocycles. The maximum Gasteiger partial charge on any atom is 0.0950 e. The minimum Gasteiger partial charge on any atom is -0.322 e. The van der Waals surface area contributed by atoms with E-state index in [1.165, 1.54) is 4.88 Å². The molecule has 2 aromatic heterocycles. The molecule has 0 aliphatic carbocycles. The normalized spacial score (nSPS) is 13.0. The number of nitrogens with two attached hydrogens (primary N) is 1. The van der Waals surface area contributed by atoms with E-state index >= 15 is 0 Å². The van der Waals surface area contributed by atoms with Gasteiger partial charge in [-0.1, -0.05) is 0 Å². The van der Waals surface area contributed by atoms with E-state index in [2.05, 4.69) is 16.9 Å². The number of thiazole rings is 2. The Morgan fingerprint density at radius 1 is 1.31 bits per heavy atom. The summed E-state index contributed by atoms with van der Waals surface area (Å²) in [6.45, 7) is 6.13. The van der Waals surface area contributed by atoms with Crippen molar-refractivity contribution in [2.24, 2.45) is 5.73 Å². The third kappa shape index (κ3) is 2.48. The minimum atomic E-state index is -0.0325. The van der Waals surface area contributed by atoms with Crippen LogP contribution in [0.25, 0.3) is 0 Å². The Morgan fingerprint density at radius 2 is 2.06 bits per heavy atom. The van der Waals surface area contributed by atoms with Crippen LogP contribution in [0.1, 0.15) is 32.3 Å². The fraction of sp³-hybridized carbons (Fsp3) is 0.455. The van der Waals surface area contributed by atoms with Crippen LogP contribution in [0.2, 0.25) is 0 Å². The highest BCUT2D eigenvalue weighted by Crippen LogP contribution is 2.22. The van der Waals surface area contributed by atoms with Crippen LogP contribution in [-0.2, 0) is 6.42 Å². The second kappa shape index (κ2) is 4.61. The van der Waals surface area contributed by atoms with Gasteiger partial charge >= 0.3 is 0 Å². The minimum absolute atomic E-state index is 0.0325. The smallest absolute Gasteiger partial charge is 0.0950 e. The average molecular weight is 253 g/mol. The van der Waals surface area contributed by atoms with E-state index < -0.39 is 0 Å². The SMILES string of the molecule is Cc1nc(C(N)Cc2nc(C)c(C)s2)cs1. The Kier molecular flexibility index (Phi) is 3.37. The number of aromatic nitrogens is 2. The van der Waals surface area contributed by atoms with Gasteiger partial charge in [0.15, 0.2) is 0 Å². The summed E-state index contributed by atoms with van der Waals surface area (Å²) in [5.41, 5.74) is 8.20. The molecule has 2 aromatic rings. The first-order chi connectivity index (χ1) is 7.56. The lowest BCUT2D eigenvalue weighted by atomic mass is 10.2. The molecule has 1 unspecified atom stereocenters. The van der Waals surface area contributed by atoms with Crippen molar-refractivity contribution >= 4 is 22.7 Å². The molecule has 0 aliphatic rings. The zero-order chi connectivity index (χ0) is 11.7. The molecule has 16 heavy (non-hydrogen) atoms. The van der Waals surface area contributed by atoms with Gasteiger partial charge in [0.1, 0.15) is 0 Å². The third-order valence-corrected chi connectivity index (χ3v) is 4.37. The van der Waals surface area contributed by atoms with E-state index in [9.17, 15) is 0 Å². The summed E-state index contributed by atoms with van der Waals surface area (Å²) in [6, 6.07) is -0.0325. The molecule has 2 N–H and O–H groups in total. The molecule has 0 bridgehead atoms. The number of hydrogen-bond acceptors (Lipinski definition) is 5. The van der Waals surface area contributed by atoms with Gasteiger partial charge in [-0.3, -0.25) is 0 Å². The zero-order valence-corrected chi connectivity index (χ0v) is 11.3. The Labute approximate surface area is 103 Å². The fourth-order valence-corrected chi connectivity index (χ4v) is 3.14. The second-order valence-corrected chi connectivity index (χ2v) is 6.20. The molecule has 0 radical (unpaired) electrons. The van der Waals surface area contributed by atoms with Gasteiger partial charge < -0.3 is 5.73 Å². The standard InChI is InChI=1S/C11H15N3S2/c1-6-7(2)16-11(13-6)4-9(12)10-5-15-8(3)14-10/h5,9H,4,12H2,1-3H3. The van der Waals surface area contributed by atoms with Gasteiger partial charge in [0, 0.05) is 16.7 Å². The summed E-state index contributed by atoms with van der Waals surface area (Å²) >= 11 is 3.37. The second-order valence-electron chi connectivity index (χ2n) is 3.85. The predicted octanol–water partition coefficient (Wildman–Crippen LogP) is 2.77. The maximum absolute atomic E-state index is 6.11. The van der Waals surface area contributed by atoms with E-state index in [1.54, 1.807) is 22.7 Å². The molecule has 0 saturated carbocycles. The Hall–Kier alpha value is -0.780. The van der Waals surface area contributed by atoms with Crippen LogP contribution < -0.4 is 5.73 Å². The maximum atomic E-state index is 6.11. The van der Waals surface area contributed by atoms with Crippen LogP contribution in [0.4, 0.5) is 0 Å². The molecular weight excluding hydrogens is 238 g/mol. The molecule has 0 spiro atoms. The first-order valence-corrected chi connectivity index (χ1v) is 6.86. The van der Waals surface area contributed by atoms with Crippen molar-refractivity contribution in [1.29, 1.82) is 0 Å². The third-order valence-electron chi connectivity index (χ3n) is 2.48. The molecule has 2 rings (SSSR count). The van der Waals surface area contributed by atoms with Crippen LogP contribution in [0, 0.1) is 20.8 Å². The lowest BCUT2D eigenvalue weighted by Gasteiger charge is -2.05. The lowest BCUT2D eigenvalue weighted by Crippen LogP contribution is -2.13. The lowest BCUT2D eigenvalue weighted by molar-refractivity contribution is 0.695.